The fourth-order valence-electron chi connectivity index (χ4n) is 3.46. The molecule has 0 saturated heterocycles. The molecule has 1 unspecified atom stereocenters. The van der Waals surface area contributed by atoms with Gasteiger partial charge in [0.15, 0.2) is 0 Å². The lowest BCUT2D eigenvalue weighted by atomic mass is 9.95. The van der Waals surface area contributed by atoms with Crippen molar-refractivity contribution in [2.75, 3.05) is 0 Å². The van der Waals surface area contributed by atoms with Crippen molar-refractivity contribution in [3.63, 3.8) is 0 Å². The normalized spacial score (nSPS) is 21.5. The van der Waals surface area contributed by atoms with Gasteiger partial charge in [-0.15, -0.1) is 4.40 Å². The lowest BCUT2D eigenvalue weighted by Gasteiger charge is -2.37. The molecular formula is C21H23BrFNO3S. The van der Waals surface area contributed by atoms with E-state index in [1.54, 1.807) is 32.0 Å². The molecule has 0 aromatic heterocycles. The number of ether oxygens (including phenoxy) is 1. The quantitative estimate of drug-likeness (QED) is 0.604. The Hall–Kier alpha value is -1.73. The molecule has 3 rings (SSSR count). The molecule has 1 aliphatic rings. The van der Waals surface area contributed by atoms with Crippen LogP contribution in [-0.4, -0.2) is 25.2 Å². The third kappa shape index (κ3) is 4.63. The first-order valence-electron chi connectivity index (χ1n) is 9.09. The standard InChI is InChI=1S/C21H23BrFNO3S/c1-14(17-6-4-5-7-18(17)23)12-20-24-28(25,26)19(21(2,3)27-20)13-15-8-10-16(22)11-9-15/h4-11,14,19H,12-13H2,1-3H3/t14-,19?/m1/s1. The lowest BCUT2D eigenvalue weighted by Crippen LogP contribution is -2.50. The van der Waals surface area contributed by atoms with Crippen LogP contribution in [0.5, 0.6) is 0 Å². The summed E-state index contributed by atoms with van der Waals surface area (Å²) in [6, 6.07) is 14.0. The topological polar surface area (TPSA) is 55.7 Å². The van der Waals surface area contributed by atoms with Crippen LogP contribution >= 0.6 is 15.9 Å². The Bertz CT molecular complexity index is 987. The van der Waals surface area contributed by atoms with Crippen LogP contribution in [0.2, 0.25) is 0 Å². The highest BCUT2D eigenvalue weighted by atomic mass is 79.9. The van der Waals surface area contributed by atoms with Crippen molar-refractivity contribution < 1.29 is 17.5 Å². The van der Waals surface area contributed by atoms with E-state index < -0.39 is 20.9 Å². The predicted octanol–water partition coefficient (Wildman–Crippen LogP) is 5.23. The van der Waals surface area contributed by atoms with Gasteiger partial charge in [-0.1, -0.05) is 53.2 Å². The smallest absolute Gasteiger partial charge is 0.263 e. The van der Waals surface area contributed by atoms with E-state index in [0.717, 1.165) is 10.0 Å². The zero-order chi connectivity index (χ0) is 20.5. The van der Waals surface area contributed by atoms with E-state index in [1.807, 2.05) is 31.2 Å². The van der Waals surface area contributed by atoms with Crippen molar-refractivity contribution in [2.45, 2.75) is 50.4 Å². The Morgan fingerprint density at radius 3 is 2.43 bits per heavy atom. The van der Waals surface area contributed by atoms with Crippen LogP contribution in [0.1, 0.15) is 44.2 Å². The van der Waals surface area contributed by atoms with Crippen LogP contribution in [0.3, 0.4) is 0 Å². The highest BCUT2D eigenvalue weighted by Gasteiger charge is 2.46. The number of sulfonamides is 1. The first-order valence-corrected chi connectivity index (χ1v) is 11.4. The predicted molar refractivity (Wildman–Crippen MR) is 113 cm³/mol. The minimum absolute atomic E-state index is 0.132. The maximum absolute atomic E-state index is 14.0. The average Bonchev–Trinajstić information content (AvgIpc) is 2.59. The van der Waals surface area contributed by atoms with Gasteiger partial charge >= 0.3 is 0 Å². The van der Waals surface area contributed by atoms with Crippen LogP contribution < -0.4 is 0 Å². The Balaban J connectivity index is 1.84. The third-order valence-corrected chi connectivity index (χ3v) is 7.44. The molecule has 2 atom stereocenters. The van der Waals surface area contributed by atoms with Crippen molar-refractivity contribution in [3.8, 4) is 0 Å². The Morgan fingerprint density at radius 2 is 1.82 bits per heavy atom. The summed E-state index contributed by atoms with van der Waals surface area (Å²) in [5, 5.41) is -0.798. The molecule has 0 bridgehead atoms. The fraction of sp³-hybridized carbons (Fsp3) is 0.381. The second-order valence-corrected chi connectivity index (χ2v) is 10.3. The minimum atomic E-state index is -3.77. The summed E-state index contributed by atoms with van der Waals surface area (Å²) < 4.78 is 50.7. The second kappa shape index (κ2) is 7.95. The molecule has 1 aliphatic heterocycles. The molecule has 1 heterocycles. The number of nitrogens with zero attached hydrogens (tertiary/aromatic N) is 1. The van der Waals surface area contributed by atoms with Crippen molar-refractivity contribution in [2.24, 2.45) is 4.40 Å². The summed E-state index contributed by atoms with van der Waals surface area (Å²) in [4.78, 5) is 0. The molecule has 0 N–H and O–H groups in total. The molecule has 0 amide bonds. The first-order chi connectivity index (χ1) is 13.1. The average molecular weight is 468 g/mol. The molecule has 0 spiro atoms. The highest BCUT2D eigenvalue weighted by Crippen LogP contribution is 2.34. The monoisotopic (exact) mass is 467 g/mol. The van der Waals surface area contributed by atoms with Gasteiger partial charge in [0.1, 0.15) is 16.7 Å². The molecule has 0 radical (unpaired) electrons. The van der Waals surface area contributed by atoms with Gasteiger partial charge in [0, 0.05) is 10.9 Å². The van der Waals surface area contributed by atoms with Crippen LogP contribution in [0.15, 0.2) is 57.4 Å². The molecule has 2 aromatic rings. The molecule has 0 fully saturated rings. The van der Waals surface area contributed by atoms with Gasteiger partial charge in [-0.25, -0.2) is 12.8 Å². The number of benzene rings is 2. The molecular weight excluding hydrogens is 445 g/mol. The minimum Gasteiger partial charge on any atom is -0.473 e. The third-order valence-electron chi connectivity index (χ3n) is 5.00. The van der Waals surface area contributed by atoms with E-state index in [1.165, 1.54) is 6.07 Å². The van der Waals surface area contributed by atoms with Crippen LogP contribution in [0.4, 0.5) is 4.39 Å². The molecule has 0 aliphatic carbocycles. The molecule has 28 heavy (non-hydrogen) atoms. The summed E-state index contributed by atoms with van der Waals surface area (Å²) >= 11 is 3.38. The maximum Gasteiger partial charge on any atom is 0.263 e. The van der Waals surface area contributed by atoms with Gasteiger partial charge in [0.2, 0.25) is 5.90 Å². The Morgan fingerprint density at radius 1 is 1.18 bits per heavy atom. The molecule has 2 aromatic carbocycles. The van der Waals surface area contributed by atoms with Crippen LogP contribution in [0.25, 0.3) is 0 Å². The maximum atomic E-state index is 14.0. The zero-order valence-corrected chi connectivity index (χ0v) is 18.4. The molecule has 150 valence electrons. The fourth-order valence-corrected chi connectivity index (χ4v) is 5.42. The van der Waals surface area contributed by atoms with Gasteiger partial charge in [0.05, 0.1) is 0 Å². The van der Waals surface area contributed by atoms with E-state index in [9.17, 15) is 12.8 Å². The first kappa shape index (κ1) is 21.0. The van der Waals surface area contributed by atoms with Gasteiger partial charge in [-0.3, -0.25) is 0 Å². The van der Waals surface area contributed by atoms with Crippen molar-refractivity contribution in [3.05, 3.63) is 69.9 Å². The summed E-state index contributed by atoms with van der Waals surface area (Å²) in [6.45, 7) is 5.35. The summed E-state index contributed by atoms with van der Waals surface area (Å²) in [5.74, 6) is -0.441. The van der Waals surface area contributed by atoms with Gasteiger partial charge in [-0.2, -0.15) is 0 Å². The van der Waals surface area contributed by atoms with E-state index in [-0.39, 0.29) is 24.1 Å². The Labute approximate surface area is 174 Å². The van der Waals surface area contributed by atoms with Gasteiger partial charge in [0.25, 0.3) is 10.0 Å². The summed E-state index contributed by atoms with van der Waals surface area (Å²) in [5.41, 5.74) is 0.464. The van der Waals surface area contributed by atoms with E-state index in [4.69, 9.17) is 4.74 Å². The highest BCUT2D eigenvalue weighted by molar-refractivity contribution is 9.10. The number of rotatable bonds is 5. The summed E-state index contributed by atoms with van der Waals surface area (Å²) in [7, 11) is -3.77. The van der Waals surface area contributed by atoms with E-state index >= 15 is 0 Å². The lowest BCUT2D eigenvalue weighted by molar-refractivity contribution is 0.0803. The number of halogens is 2. The van der Waals surface area contributed by atoms with Gasteiger partial charge in [-0.05, 0) is 55.5 Å². The van der Waals surface area contributed by atoms with Gasteiger partial charge < -0.3 is 4.74 Å². The Kier molecular flexibility index (Phi) is 5.96. The van der Waals surface area contributed by atoms with E-state index in [2.05, 4.69) is 20.3 Å². The molecule has 4 nitrogen and oxygen atoms in total. The van der Waals surface area contributed by atoms with Crippen molar-refractivity contribution in [1.82, 2.24) is 0 Å². The second-order valence-electron chi connectivity index (χ2n) is 7.65. The summed E-state index contributed by atoms with van der Waals surface area (Å²) in [6.07, 6.45) is 0.525. The van der Waals surface area contributed by atoms with E-state index in [0.29, 0.717) is 12.0 Å². The molecule has 7 heteroatoms. The largest absolute Gasteiger partial charge is 0.473 e. The van der Waals surface area contributed by atoms with Crippen LogP contribution in [-0.2, 0) is 21.2 Å². The van der Waals surface area contributed by atoms with Crippen molar-refractivity contribution >= 4 is 31.9 Å². The SMILES string of the molecule is C[C@H](CC1=NS(=O)(=O)C(Cc2ccc(Br)cc2)C(C)(C)O1)c1ccccc1F. The van der Waals surface area contributed by atoms with Crippen molar-refractivity contribution in [1.29, 1.82) is 0 Å². The van der Waals surface area contributed by atoms with Crippen LogP contribution in [0, 0.1) is 5.82 Å². The number of hydrogen-bond donors (Lipinski definition) is 0. The molecule has 0 saturated carbocycles. The zero-order valence-electron chi connectivity index (χ0n) is 16.0. The number of hydrogen-bond acceptors (Lipinski definition) is 3.